The number of esters is 1. The third-order valence-corrected chi connectivity index (χ3v) is 4.97. The Labute approximate surface area is 161 Å². The number of nitrogens with zero attached hydrogens (tertiary/aromatic N) is 1. The van der Waals surface area contributed by atoms with Gasteiger partial charge in [-0.15, -0.1) is 0 Å². The van der Waals surface area contributed by atoms with Gasteiger partial charge in [0.05, 0.1) is 26.0 Å². The van der Waals surface area contributed by atoms with Crippen molar-refractivity contribution < 1.29 is 23.8 Å². The molecule has 1 aromatic carbocycles. The van der Waals surface area contributed by atoms with Gasteiger partial charge < -0.3 is 19.0 Å². The van der Waals surface area contributed by atoms with Gasteiger partial charge in [0.2, 0.25) is 0 Å². The van der Waals surface area contributed by atoms with E-state index in [2.05, 4.69) is 37.2 Å². The second kappa shape index (κ2) is 9.85. The van der Waals surface area contributed by atoms with Crippen LogP contribution in [-0.2, 0) is 23.8 Å². The van der Waals surface area contributed by atoms with E-state index < -0.39 is 11.8 Å². The minimum absolute atomic E-state index is 0.281. The number of carbonyl (C=O) groups excluding carboxylic acids is 1. The molecule has 27 heavy (non-hydrogen) atoms. The van der Waals surface area contributed by atoms with Crippen LogP contribution in [0, 0.1) is 19.8 Å². The summed E-state index contributed by atoms with van der Waals surface area (Å²) in [5.41, 5.74) is 4.50. The Morgan fingerprint density at radius 1 is 1.22 bits per heavy atom. The van der Waals surface area contributed by atoms with Crippen LogP contribution in [0.1, 0.15) is 49.8 Å². The highest BCUT2D eigenvalue weighted by molar-refractivity contribution is 5.98. The molecule has 150 valence electrons. The van der Waals surface area contributed by atoms with Gasteiger partial charge in [0.25, 0.3) is 5.79 Å². The monoisotopic (exact) mass is 377 g/mol. The minimum Gasteiger partial charge on any atom is -0.465 e. The fourth-order valence-corrected chi connectivity index (χ4v) is 2.87. The molecule has 0 bridgehead atoms. The molecule has 0 radical (unpaired) electrons. The number of unbranched alkanes of at least 4 members (excludes halogenated alkanes) is 1. The lowest BCUT2D eigenvalue weighted by molar-refractivity contribution is -0.272. The third kappa shape index (κ3) is 6.04. The van der Waals surface area contributed by atoms with Crippen LogP contribution in [0.4, 0.5) is 0 Å². The third-order valence-electron chi connectivity index (χ3n) is 4.97. The Bertz CT molecular complexity index is 663. The second-order valence-electron chi connectivity index (χ2n) is 7.23. The van der Waals surface area contributed by atoms with Gasteiger partial charge in [-0.1, -0.05) is 17.3 Å². The van der Waals surface area contributed by atoms with Crippen molar-refractivity contribution in [2.45, 2.75) is 52.7 Å². The second-order valence-corrected chi connectivity index (χ2v) is 7.23. The number of hydrogen-bond acceptors (Lipinski definition) is 6. The van der Waals surface area contributed by atoms with Crippen LogP contribution in [-0.4, -0.2) is 44.4 Å². The molecule has 6 heteroatoms. The van der Waals surface area contributed by atoms with E-state index in [1.54, 1.807) is 6.92 Å². The van der Waals surface area contributed by atoms with Crippen molar-refractivity contribution in [2.24, 2.45) is 11.1 Å². The van der Waals surface area contributed by atoms with Gasteiger partial charge in [0.15, 0.2) is 0 Å². The van der Waals surface area contributed by atoms with Crippen molar-refractivity contribution in [2.75, 3.05) is 26.9 Å². The maximum atomic E-state index is 11.6. The molecule has 0 N–H and O–H groups in total. The molecule has 6 nitrogen and oxygen atoms in total. The van der Waals surface area contributed by atoms with Crippen LogP contribution in [0.5, 0.6) is 0 Å². The first-order valence-corrected chi connectivity index (χ1v) is 9.46. The average Bonchev–Trinajstić information content (AvgIpc) is 2.67. The Morgan fingerprint density at radius 2 is 1.93 bits per heavy atom. The van der Waals surface area contributed by atoms with Crippen molar-refractivity contribution in [3.63, 3.8) is 0 Å². The lowest BCUT2D eigenvalue weighted by atomic mass is 10.0. The molecule has 0 atom stereocenters. The fourth-order valence-electron chi connectivity index (χ4n) is 2.87. The summed E-state index contributed by atoms with van der Waals surface area (Å²) in [7, 11) is 1.33. The minimum atomic E-state index is -1.27. The number of oxime groups is 1. The molecule has 0 aromatic heterocycles. The zero-order valence-corrected chi connectivity index (χ0v) is 17.0. The molecular formula is C21H31NO5. The molecule has 1 aromatic rings. The van der Waals surface area contributed by atoms with Crippen molar-refractivity contribution in [3.05, 3.63) is 34.9 Å². The van der Waals surface area contributed by atoms with Gasteiger partial charge in [0.1, 0.15) is 6.61 Å². The van der Waals surface area contributed by atoms with Crippen LogP contribution in [0.15, 0.2) is 23.4 Å². The number of aryl methyl sites for hydroxylation is 2. The molecule has 0 amide bonds. The van der Waals surface area contributed by atoms with E-state index in [0.717, 1.165) is 30.5 Å². The molecule has 0 saturated carbocycles. The largest absolute Gasteiger partial charge is 0.465 e. The number of hydrogen-bond donors (Lipinski definition) is 0. The summed E-state index contributed by atoms with van der Waals surface area (Å²) >= 11 is 0. The van der Waals surface area contributed by atoms with Crippen LogP contribution < -0.4 is 0 Å². The maximum Gasteiger partial charge on any atom is 0.366 e. The molecule has 1 saturated heterocycles. The predicted molar refractivity (Wildman–Crippen MR) is 104 cm³/mol. The Balaban J connectivity index is 1.64. The predicted octanol–water partition coefficient (Wildman–Crippen LogP) is 3.77. The van der Waals surface area contributed by atoms with Crippen molar-refractivity contribution >= 4 is 11.7 Å². The average molecular weight is 377 g/mol. The summed E-state index contributed by atoms with van der Waals surface area (Å²) in [6.45, 7) is 9.32. The zero-order valence-electron chi connectivity index (χ0n) is 17.0. The van der Waals surface area contributed by atoms with E-state index in [-0.39, 0.29) is 5.92 Å². The Kier molecular flexibility index (Phi) is 7.80. The molecule has 1 heterocycles. The summed E-state index contributed by atoms with van der Waals surface area (Å²) in [5.74, 6) is -1.48. The first-order valence-electron chi connectivity index (χ1n) is 9.46. The fraction of sp³-hybridized carbons (Fsp3) is 0.619. The lowest BCUT2D eigenvalue weighted by Gasteiger charge is -2.35. The van der Waals surface area contributed by atoms with Crippen molar-refractivity contribution in [1.82, 2.24) is 0 Å². The van der Waals surface area contributed by atoms with Crippen molar-refractivity contribution in [3.8, 4) is 0 Å². The number of benzene rings is 1. The summed E-state index contributed by atoms with van der Waals surface area (Å²) in [6, 6.07) is 6.29. The quantitative estimate of drug-likeness (QED) is 0.299. The number of carbonyl (C=O) groups is 1. The molecule has 1 aliphatic rings. The van der Waals surface area contributed by atoms with Gasteiger partial charge in [-0.3, -0.25) is 0 Å². The van der Waals surface area contributed by atoms with E-state index in [0.29, 0.717) is 19.8 Å². The van der Waals surface area contributed by atoms with Crippen LogP contribution in [0.25, 0.3) is 0 Å². The zero-order chi connectivity index (χ0) is 19.9. The molecular weight excluding hydrogens is 346 g/mol. The van der Waals surface area contributed by atoms with E-state index in [1.807, 2.05) is 6.92 Å². The van der Waals surface area contributed by atoms with E-state index >= 15 is 0 Å². The Morgan fingerprint density at radius 3 is 2.56 bits per heavy atom. The summed E-state index contributed by atoms with van der Waals surface area (Å²) < 4.78 is 15.8. The molecule has 1 aliphatic heterocycles. The van der Waals surface area contributed by atoms with E-state index in [9.17, 15) is 4.79 Å². The number of methoxy groups -OCH3 is 1. The smallest absolute Gasteiger partial charge is 0.366 e. The SMILES string of the molecule is COC(=O)C1(C)OCC(CCCCO/N=C(/C)c2ccc(C)c(C)c2)CO1. The summed E-state index contributed by atoms with van der Waals surface area (Å²) in [6.07, 6.45) is 2.86. The van der Waals surface area contributed by atoms with Crippen molar-refractivity contribution in [1.29, 1.82) is 0 Å². The molecule has 0 unspecified atom stereocenters. The van der Waals surface area contributed by atoms with E-state index in [1.165, 1.54) is 18.2 Å². The van der Waals surface area contributed by atoms with Gasteiger partial charge in [-0.25, -0.2) is 4.79 Å². The highest BCUT2D eigenvalue weighted by Gasteiger charge is 2.41. The van der Waals surface area contributed by atoms with Gasteiger partial charge >= 0.3 is 5.97 Å². The van der Waals surface area contributed by atoms with Gasteiger partial charge in [-0.2, -0.15) is 0 Å². The standard InChI is InChI=1S/C21H31NO5/c1-15-9-10-19(12-16(15)2)17(3)22-27-11-7-6-8-18-13-25-21(4,26-14-18)20(23)24-5/h9-10,12,18H,6-8,11,13-14H2,1-5H3/b22-17-. The van der Waals surface area contributed by atoms with Gasteiger partial charge in [0, 0.05) is 12.8 Å². The highest BCUT2D eigenvalue weighted by atomic mass is 16.7. The van der Waals surface area contributed by atoms with Crippen LogP contribution >= 0.6 is 0 Å². The molecule has 2 rings (SSSR count). The first kappa shape index (κ1) is 21.4. The maximum absolute atomic E-state index is 11.6. The number of rotatable bonds is 8. The number of ether oxygens (including phenoxy) is 3. The molecule has 0 aliphatic carbocycles. The van der Waals surface area contributed by atoms with E-state index in [4.69, 9.17) is 19.0 Å². The van der Waals surface area contributed by atoms with Gasteiger partial charge in [-0.05, 0) is 62.8 Å². The summed E-state index contributed by atoms with van der Waals surface area (Å²) in [4.78, 5) is 17.1. The lowest BCUT2D eigenvalue weighted by Crippen LogP contribution is -2.48. The van der Waals surface area contributed by atoms with Crippen LogP contribution in [0.2, 0.25) is 0 Å². The molecule has 0 spiro atoms. The normalized spacial score (nSPS) is 23.1. The topological polar surface area (TPSA) is 66.4 Å². The van der Waals surface area contributed by atoms with Crippen LogP contribution in [0.3, 0.4) is 0 Å². The highest BCUT2D eigenvalue weighted by Crippen LogP contribution is 2.25. The summed E-state index contributed by atoms with van der Waals surface area (Å²) in [5, 5.41) is 4.21. The Hall–Kier alpha value is -1.92. The first-order chi connectivity index (χ1) is 12.9. The molecule has 1 fully saturated rings.